The van der Waals surface area contributed by atoms with Crippen LogP contribution in [0.2, 0.25) is 5.28 Å². The van der Waals surface area contributed by atoms with E-state index in [-0.39, 0.29) is 23.4 Å². The molecular weight excluding hydrogens is 296 g/mol. The molecule has 7 heteroatoms. The zero-order valence-electron chi connectivity index (χ0n) is 11.6. The molecule has 0 fully saturated rings. The van der Waals surface area contributed by atoms with Crippen molar-refractivity contribution in [1.82, 2.24) is 15.0 Å². The van der Waals surface area contributed by atoms with Crippen molar-refractivity contribution in [1.29, 1.82) is 0 Å². The number of halogens is 1. The number of nitrogens with one attached hydrogen (secondary N) is 1. The number of anilines is 1. The Kier molecular flexibility index (Phi) is 5.14. The first kappa shape index (κ1) is 15.0. The molecule has 2 aromatic rings. The van der Waals surface area contributed by atoms with Crippen LogP contribution in [0, 0.1) is 0 Å². The second kappa shape index (κ2) is 6.85. The van der Waals surface area contributed by atoms with Gasteiger partial charge in [-0.25, -0.2) is 0 Å². The van der Waals surface area contributed by atoms with Crippen LogP contribution in [0.25, 0.3) is 0 Å². The monoisotopic (exact) mass is 312 g/mol. The van der Waals surface area contributed by atoms with Gasteiger partial charge in [-0.15, -0.1) is 11.3 Å². The van der Waals surface area contributed by atoms with Crippen LogP contribution < -0.4 is 10.1 Å². The molecule has 0 saturated carbocycles. The van der Waals surface area contributed by atoms with E-state index in [1.54, 1.807) is 11.3 Å². The van der Waals surface area contributed by atoms with E-state index in [1.165, 1.54) is 4.88 Å². The highest BCUT2D eigenvalue weighted by atomic mass is 35.5. The van der Waals surface area contributed by atoms with Crippen molar-refractivity contribution in [2.75, 3.05) is 5.32 Å². The Bertz CT molecular complexity index is 547. The number of hydrogen-bond acceptors (Lipinski definition) is 6. The zero-order chi connectivity index (χ0) is 14.5. The standard InChI is InChI=1S/C13H17ClN4OS/c1-8(2)19-13-17-11(14)16-12(18-13)15-9(3)7-10-5-4-6-20-10/h4-6,8-9H,7H2,1-3H3,(H,15,16,17,18). The average Bonchev–Trinajstić information content (AvgIpc) is 2.79. The first-order valence-corrected chi connectivity index (χ1v) is 7.66. The molecule has 5 nitrogen and oxygen atoms in total. The van der Waals surface area contributed by atoms with Gasteiger partial charge in [-0.1, -0.05) is 6.07 Å². The highest BCUT2D eigenvalue weighted by molar-refractivity contribution is 7.09. The number of aromatic nitrogens is 3. The van der Waals surface area contributed by atoms with Crippen molar-refractivity contribution in [3.05, 3.63) is 27.7 Å². The van der Waals surface area contributed by atoms with Gasteiger partial charge in [-0.05, 0) is 43.8 Å². The zero-order valence-corrected chi connectivity index (χ0v) is 13.2. The lowest BCUT2D eigenvalue weighted by Gasteiger charge is -2.14. The summed E-state index contributed by atoms with van der Waals surface area (Å²) in [4.78, 5) is 13.5. The molecule has 108 valence electrons. The van der Waals surface area contributed by atoms with E-state index in [0.29, 0.717) is 5.95 Å². The molecule has 0 aliphatic heterocycles. The van der Waals surface area contributed by atoms with E-state index >= 15 is 0 Å². The van der Waals surface area contributed by atoms with Crippen LogP contribution in [0.5, 0.6) is 6.01 Å². The molecule has 0 aliphatic carbocycles. The summed E-state index contributed by atoms with van der Waals surface area (Å²) in [6.07, 6.45) is 0.895. The topological polar surface area (TPSA) is 59.9 Å². The fourth-order valence-corrected chi connectivity index (χ4v) is 2.65. The predicted molar refractivity (Wildman–Crippen MR) is 81.7 cm³/mol. The lowest BCUT2D eigenvalue weighted by Crippen LogP contribution is -2.20. The van der Waals surface area contributed by atoms with Gasteiger partial charge in [0.1, 0.15) is 0 Å². The van der Waals surface area contributed by atoms with Crippen molar-refractivity contribution in [3.8, 4) is 6.01 Å². The van der Waals surface area contributed by atoms with Gasteiger partial charge < -0.3 is 10.1 Å². The van der Waals surface area contributed by atoms with Gasteiger partial charge >= 0.3 is 6.01 Å². The first-order chi connectivity index (χ1) is 9.52. The van der Waals surface area contributed by atoms with Gasteiger partial charge in [0.2, 0.25) is 11.2 Å². The number of rotatable bonds is 6. The molecule has 20 heavy (non-hydrogen) atoms. The molecule has 0 aliphatic rings. The molecule has 1 unspecified atom stereocenters. The van der Waals surface area contributed by atoms with E-state index in [4.69, 9.17) is 16.3 Å². The first-order valence-electron chi connectivity index (χ1n) is 6.40. The van der Waals surface area contributed by atoms with Crippen molar-refractivity contribution in [3.63, 3.8) is 0 Å². The van der Waals surface area contributed by atoms with Gasteiger partial charge in [0, 0.05) is 17.3 Å². The van der Waals surface area contributed by atoms with E-state index < -0.39 is 0 Å². The second-order valence-corrected chi connectivity index (χ2v) is 6.08. The molecule has 2 aromatic heterocycles. The summed E-state index contributed by atoms with van der Waals surface area (Å²) >= 11 is 7.61. The molecule has 2 heterocycles. The Labute approximate surface area is 127 Å². The Balaban J connectivity index is 2.02. The molecule has 0 spiro atoms. The van der Waals surface area contributed by atoms with Crippen LogP contribution in [-0.2, 0) is 6.42 Å². The number of ether oxygens (including phenoxy) is 1. The molecule has 2 rings (SSSR count). The van der Waals surface area contributed by atoms with E-state index in [9.17, 15) is 0 Å². The maximum atomic E-state index is 5.88. The summed E-state index contributed by atoms with van der Waals surface area (Å²) in [6.45, 7) is 5.88. The van der Waals surface area contributed by atoms with Crippen molar-refractivity contribution in [2.45, 2.75) is 39.3 Å². The normalized spacial score (nSPS) is 12.4. The summed E-state index contributed by atoms with van der Waals surface area (Å²) in [5.41, 5.74) is 0. The molecule has 0 bridgehead atoms. The van der Waals surface area contributed by atoms with Gasteiger partial charge in [0.05, 0.1) is 6.10 Å². The van der Waals surface area contributed by atoms with E-state index in [2.05, 4.69) is 38.6 Å². The lowest BCUT2D eigenvalue weighted by atomic mass is 10.2. The fourth-order valence-electron chi connectivity index (χ4n) is 1.66. The number of nitrogens with zero attached hydrogens (tertiary/aromatic N) is 3. The third-order valence-corrected chi connectivity index (χ3v) is 3.46. The molecular formula is C13H17ClN4OS. The van der Waals surface area contributed by atoms with Crippen LogP contribution in [0.4, 0.5) is 5.95 Å². The van der Waals surface area contributed by atoms with Gasteiger partial charge in [0.15, 0.2) is 0 Å². The summed E-state index contributed by atoms with van der Waals surface area (Å²) in [7, 11) is 0. The van der Waals surface area contributed by atoms with Crippen molar-refractivity contribution < 1.29 is 4.74 Å². The summed E-state index contributed by atoms with van der Waals surface area (Å²) in [5.74, 6) is 0.435. The molecule has 0 aromatic carbocycles. The van der Waals surface area contributed by atoms with Crippen LogP contribution in [0.3, 0.4) is 0 Å². The van der Waals surface area contributed by atoms with Gasteiger partial charge in [0.25, 0.3) is 0 Å². The van der Waals surface area contributed by atoms with Crippen molar-refractivity contribution in [2.24, 2.45) is 0 Å². The predicted octanol–water partition coefficient (Wildman–Crippen LogP) is 3.42. The largest absolute Gasteiger partial charge is 0.461 e. The van der Waals surface area contributed by atoms with Crippen molar-refractivity contribution >= 4 is 28.9 Å². The average molecular weight is 313 g/mol. The minimum Gasteiger partial charge on any atom is -0.461 e. The minimum absolute atomic E-state index is 0.00939. The van der Waals surface area contributed by atoms with Crippen LogP contribution in [0.15, 0.2) is 17.5 Å². The maximum Gasteiger partial charge on any atom is 0.322 e. The summed E-state index contributed by atoms with van der Waals surface area (Å²) in [5, 5.41) is 5.41. The van der Waals surface area contributed by atoms with Crippen LogP contribution >= 0.6 is 22.9 Å². The third kappa shape index (κ3) is 4.61. The minimum atomic E-state index is -0.00939. The molecule has 0 amide bonds. The van der Waals surface area contributed by atoms with Crippen LogP contribution in [0.1, 0.15) is 25.6 Å². The van der Waals surface area contributed by atoms with E-state index in [1.807, 2.05) is 19.9 Å². The van der Waals surface area contributed by atoms with Crippen LogP contribution in [-0.4, -0.2) is 27.1 Å². The number of thiophene rings is 1. The fraction of sp³-hybridized carbons (Fsp3) is 0.462. The quantitative estimate of drug-likeness (QED) is 0.885. The Morgan fingerprint density at radius 1 is 1.30 bits per heavy atom. The second-order valence-electron chi connectivity index (χ2n) is 4.71. The van der Waals surface area contributed by atoms with E-state index in [0.717, 1.165) is 6.42 Å². The highest BCUT2D eigenvalue weighted by Gasteiger charge is 2.11. The Morgan fingerprint density at radius 2 is 2.10 bits per heavy atom. The summed E-state index contributed by atoms with van der Waals surface area (Å²) < 4.78 is 5.44. The highest BCUT2D eigenvalue weighted by Crippen LogP contribution is 2.16. The Morgan fingerprint density at radius 3 is 2.75 bits per heavy atom. The van der Waals surface area contributed by atoms with Gasteiger partial charge in [-0.3, -0.25) is 0 Å². The SMILES string of the molecule is CC(Cc1cccs1)Nc1nc(Cl)nc(OC(C)C)n1. The smallest absolute Gasteiger partial charge is 0.322 e. The molecule has 1 N–H and O–H groups in total. The molecule has 0 saturated heterocycles. The van der Waals surface area contributed by atoms with Gasteiger partial charge in [-0.2, -0.15) is 15.0 Å². The Hall–Kier alpha value is -1.40. The molecule has 1 atom stereocenters. The lowest BCUT2D eigenvalue weighted by molar-refractivity contribution is 0.222. The number of hydrogen-bond donors (Lipinski definition) is 1. The molecule has 0 radical (unpaired) electrons. The summed E-state index contributed by atoms with van der Waals surface area (Å²) in [6, 6.07) is 4.59. The maximum absolute atomic E-state index is 5.88. The third-order valence-electron chi connectivity index (χ3n) is 2.39.